The third-order valence-corrected chi connectivity index (χ3v) is 5.25. The van der Waals surface area contributed by atoms with Crippen LogP contribution in [-0.4, -0.2) is 35.3 Å². The lowest BCUT2D eigenvalue weighted by molar-refractivity contribution is 0.158. The molecule has 1 fully saturated rings. The molecule has 0 spiro atoms. The molecule has 15 heavy (non-hydrogen) atoms. The van der Waals surface area contributed by atoms with Crippen LogP contribution < -0.4 is 16.0 Å². The molecule has 3 nitrogen and oxygen atoms in total. The Kier molecular flexibility index (Phi) is 4.77. The maximum absolute atomic E-state index is 3.83. The standard InChI is InChI=1S/C11H27N3Si/c1-4-10(8-6-5-7-9-10)14-11(15,12-2)13-3/h12-14H,4-9H2,1-3,15H3. The minimum Gasteiger partial charge on any atom is -0.294 e. The number of rotatable bonds is 5. The lowest BCUT2D eigenvalue weighted by Gasteiger charge is -2.45. The normalized spacial score (nSPS) is 21.8. The van der Waals surface area contributed by atoms with Gasteiger partial charge in [-0.05, 0) is 33.4 Å². The highest BCUT2D eigenvalue weighted by Crippen LogP contribution is 2.31. The van der Waals surface area contributed by atoms with E-state index in [4.69, 9.17) is 0 Å². The van der Waals surface area contributed by atoms with Gasteiger partial charge in [-0.15, -0.1) is 0 Å². The second kappa shape index (κ2) is 5.43. The largest absolute Gasteiger partial charge is 0.294 e. The van der Waals surface area contributed by atoms with Crippen molar-refractivity contribution in [2.24, 2.45) is 0 Å². The summed E-state index contributed by atoms with van der Waals surface area (Å²) in [5, 5.41) is 10.6. The molecule has 0 aliphatic heterocycles. The van der Waals surface area contributed by atoms with Gasteiger partial charge in [0.05, 0.1) is 15.7 Å². The van der Waals surface area contributed by atoms with Gasteiger partial charge in [-0.2, -0.15) is 0 Å². The fraction of sp³-hybridized carbons (Fsp3) is 1.00. The third-order valence-electron chi connectivity index (χ3n) is 4.00. The Morgan fingerprint density at radius 1 is 1.13 bits per heavy atom. The van der Waals surface area contributed by atoms with E-state index in [9.17, 15) is 0 Å². The van der Waals surface area contributed by atoms with E-state index in [1.165, 1.54) is 38.5 Å². The zero-order valence-electron chi connectivity index (χ0n) is 10.7. The summed E-state index contributed by atoms with van der Waals surface area (Å²) in [5.74, 6) is 0. The van der Waals surface area contributed by atoms with Gasteiger partial charge in [-0.3, -0.25) is 16.0 Å². The zero-order chi connectivity index (χ0) is 11.4. The van der Waals surface area contributed by atoms with Gasteiger partial charge in [0.2, 0.25) is 0 Å². The molecule has 1 aliphatic carbocycles. The van der Waals surface area contributed by atoms with Crippen LogP contribution in [0.3, 0.4) is 0 Å². The van der Waals surface area contributed by atoms with E-state index in [0.29, 0.717) is 5.54 Å². The lowest BCUT2D eigenvalue weighted by atomic mass is 9.80. The highest BCUT2D eigenvalue weighted by atomic mass is 28.1. The zero-order valence-corrected chi connectivity index (χ0v) is 12.7. The Bertz CT molecular complexity index is 186. The van der Waals surface area contributed by atoms with Crippen molar-refractivity contribution in [1.82, 2.24) is 16.0 Å². The second-order valence-electron chi connectivity index (χ2n) is 4.94. The summed E-state index contributed by atoms with van der Waals surface area (Å²) >= 11 is 0. The van der Waals surface area contributed by atoms with Gasteiger partial charge in [0.1, 0.15) is 0 Å². The summed E-state index contributed by atoms with van der Waals surface area (Å²) in [4.78, 5) is 0. The summed E-state index contributed by atoms with van der Waals surface area (Å²) in [6.07, 6.45) is 8.07. The fourth-order valence-corrected chi connectivity index (χ4v) is 3.11. The Hall–Kier alpha value is 0.0969. The summed E-state index contributed by atoms with van der Waals surface area (Å²) in [6, 6.07) is 0. The molecule has 0 atom stereocenters. The molecule has 0 aromatic heterocycles. The van der Waals surface area contributed by atoms with Gasteiger partial charge >= 0.3 is 0 Å². The SMILES string of the molecule is CCC1(NC([SiH3])(NC)NC)CCCCC1. The summed E-state index contributed by atoms with van der Waals surface area (Å²) < 4.78 is 0. The fourth-order valence-electron chi connectivity index (χ4n) is 2.58. The molecule has 1 aliphatic rings. The van der Waals surface area contributed by atoms with E-state index in [-0.39, 0.29) is 5.41 Å². The maximum Gasteiger partial charge on any atom is 0.0970 e. The summed E-state index contributed by atoms with van der Waals surface area (Å²) in [5.41, 5.74) is 0.360. The quantitative estimate of drug-likeness (QED) is 0.462. The smallest absolute Gasteiger partial charge is 0.0970 e. The van der Waals surface area contributed by atoms with Crippen molar-refractivity contribution < 1.29 is 0 Å². The van der Waals surface area contributed by atoms with E-state index >= 15 is 0 Å². The molecule has 0 saturated heterocycles. The van der Waals surface area contributed by atoms with E-state index in [1.54, 1.807) is 0 Å². The first kappa shape index (κ1) is 13.2. The average molecular weight is 229 g/mol. The second-order valence-corrected chi connectivity index (χ2v) is 6.44. The molecular formula is C11H27N3Si. The van der Waals surface area contributed by atoms with Crippen molar-refractivity contribution in [3.05, 3.63) is 0 Å². The van der Waals surface area contributed by atoms with E-state index in [0.717, 1.165) is 10.2 Å². The molecule has 0 heterocycles. The van der Waals surface area contributed by atoms with Crippen LogP contribution in [-0.2, 0) is 0 Å². The molecule has 1 rings (SSSR count). The van der Waals surface area contributed by atoms with Crippen LogP contribution in [0.15, 0.2) is 0 Å². The van der Waals surface area contributed by atoms with Crippen LogP contribution in [0, 0.1) is 0 Å². The molecular weight excluding hydrogens is 202 g/mol. The first-order valence-corrected chi connectivity index (χ1v) is 7.27. The molecule has 0 aromatic rings. The number of nitrogens with one attached hydrogen (secondary N) is 3. The highest BCUT2D eigenvalue weighted by molar-refractivity contribution is 6.14. The van der Waals surface area contributed by atoms with Crippen LogP contribution in [0.25, 0.3) is 0 Å². The van der Waals surface area contributed by atoms with Crippen LogP contribution >= 0.6 is 0 Å². The van der Waals surface area contributed by atoms with Gasteiger partial charge in [-0.25, -0.2) is 0 Å². The van der Waals surface area contributed by atoms with Gasteiger partial charge in [0.25, 0.3) is 0 Å². The Balaban J connectivity index is 2.65. The van der Waals surface area contributed by atoms with Gasteiger partial charge in [-0.1, -0.05) is 26.2 Å². The molecule has 0 aromatic carbocycles. The first-order chi connectivity index (χ1) is 7.10. The van der Waals surface area contributed by atoms with E-state index in [2.05, 4.69) is 22.9 Å². The monoisotopic (exact) mass is 229 g/mol. The molecule has 0 radical (unpaired) electrons. The number of hydrogen-bond acceptors (Lipinski definition) is 3. The molecule has 4 heteroatoms. The van der Waals surface area contributed by atoms with Crippen LogP contribution in [0.5, 0.6) is 0 Å². The molecule has 0 amide bonds. The number of hydrogen-bond donors (Lipinski definition) is 3. The summed E-state index contributed by atoms with van der Waals surface area (Å²) in [7, 11) is 5.12. The van der Waals surface area contributed by atoms with E-state index < -0.39 is 0 Å². The van der Waals surface area contributed by atoms with Crippen molar-refractivity contribution >= 4 is 10.2 Å². The van der Waals surface area contributed by atoms with Crippen molar-refractivity contribution in [2.75, 3.05) is 14.1 Å². The minimum atomic E-state index is -0.00660. The summed E-state index contributed by atoms with van der Waals surface area (Å²) in [6.45, 7) is 2.31. The Morgan fingerprint density at radius 3 is 2.07 bits per heavy atom. The maximum atomic E-state index is 3.83. The predicted octanol–water partition coefficient (Wildman–Crippen LogP) is 0.104. The first-order valence-electron chi connectivity index (χ1n) is 6.27. The molecule has 1 saturated carbocycles. The van der Waals surface area contributed by atoms with E-state index in [1.807, 2.05) is 14.1 Å². The average Bonchev–Trinajstić information content (AvgIpc) is 2.30. The molecule has 0 unspecified atom stereocenters. The van der Waals surface area contributed by atoms with Gasteiger partial charge in [0, 0.05) is 5.54 Å². The van der Waals surface area contributed by atoms with Gasteiger partial charge in [0.15, 0.2) is 0 Å². The van der Waals surface area contributed by atoms with Gasteiger partial charge < -0.3 is 0 Å². The minimum absolute atomic E-state index is 0.00660. The van der Waals surface area contributed by atoms with Crippen molar-refractivity contribution in [2.45, 2.75) is 56.4 Å². The molecule has 90 valence electrons. The Morgan fingerprint density at radius 2 is 1.67 bits per heavy atom. The third kappa shape index (κ3) is 3.28. The van der Waals surface area contributed by atoms with Crippen molar-refractivity contribution in [3.63, 3.8) is 0 Å². The van der Waals surface area contributed by atoms with Crippen molar-refractivity contribution in [3.8, 4) is 0 Å². The van der Waals surface area contributed by atoms with Crippen LogP contribution in [0.4, 0.5) is 0 Å². The lowest BCUT2D eigenvalue weighted by Crippen LogP contribution is -2.71. The highest BCUT2D eigenvalue weighted by Gasteiger charge is 2.35. The predicted molar refractivity (Wildman–Crippen MR) is 70.0 cm³/mol. The molecule has 3 N–H and O–H groups in total. The van der Waals surface area contributed by atoms with Crippen molar-refractivity contribution in [1.29, 1.82) is 0 Å². The Labute approximate surface area is 97.2 Å². The topological polar surface area (TPSA) is 36.1 Å². The molecule has 0 bridgehead atoms. The van der Waals surface area contributed by atoms with Crippen LogP contribution in [0.2, 0.25) is 0 Å². The van der Waals surface area contributed by atoms with Crippen LogP contribution in [0.1, 0.15) is 45.4 Å².